The lowest BCUT2D eigenvalue weighted by molar-refractivity contribution is -0.155. The average molecular weight is 380 g/mol. The number of para-hydroxylation sites is 1. The van der Waals surface area contributed by atoms with Crippen LogP contribution in [0.1, 0.15) is 35.4 Å². The molecule has 2 amide bonds. The lowest BCUT2D eigenvalue weighted by Gasteiger charge is -2.42. The smallest absolute Gasteiger partial charge is 0.274 e. The topological polar surface area (TPSA) is 75.6 Å². The van der Waals surface area contributed by atoms with E-state index >= 15 is 0 Å². The normalized spacial score (nSPS) is 23.0. The average Bonchev–Trinajstić information content (AvgIpc) is 2.88. The predicted octanol–water partition coefficient (Wildman–Crippen LogP) is 2.21. The number of anilines is 1. The Labute approximate surface area is 164 Å². The molecule has 0 bridgehead atoms. The SMILES string of the molecule is Cc1cnc(C(=O)N2CCOC3(CCCCN(c4ccccc4)C3=O)C2)cn1. The van der Waals surface area contributed by atoms with Crippen molar-refractivity contribution >= 4 is 17.5 Å². The fourth-order valence-electron chi connectivity index (χ4n) is 3.89. The Balaban J connectivity index is 1.59. The molecule has 2 fully saturated rings. The molecule has 1 atom stereocenters. The van der Waals surface area contributed by atoms with Gasteiger partial charge in [0.25, 0.3) is 11.8 Å². The molecule has 28 heavy (non-hydrogen) atoms. The third-order valence-electron chi connectivity index (χ3n) is 5.39. The highest BCUT2D eigenvalue weighted by Crippen LogP contribution is 2.32. The molecule has 146 valence electrons. The Morgan fingerprint density at radius 1 is 1.11 bits per heavy atom. The molecule has 7 nitrogen and oxygen atoms in total. The van der Waals surface area contributed by atoms with Crippen molar-refractivity contribution in [2.24, 2.45) is 0 Å². The van der Waals surface area contributed by atoms with Crippen molar-refractivity contribution in [2.45, 2.75) is 31.8 Å². The summed E-state index contributed by atoms with van der Waals surface area (Å²) >= 11 is 0. The van der Waals surface area contributed by atoms with Crippen LogP contribution in [0.25, 0.3) is 0 Å². The fraction of sp³-hybridized carbons (Fsp3) is 0.429. The minimum atomic E-state index is -1.00. The molecule has 4 rings (SSSR count). The van der Waals surface area contributed by atoms with E-state index in [4.69, 9.17) is 4.74 Å². The van der Waals surface area contributed by atoms with Gasteiger partial charge in [0.1, 0.15) is 5.69 Å². The Bertz CT molecular complexity index is 856. The molecule has 0 N–H and O–H groups in total. The van der Waals surface area contributed by atoms with Gasteiger partial charge in [0, 0.05) is 25.0 Å². The van der Waals surface area contributed by atoms with Crippen LogP contribution in [0.3, 0.4) is 0 Å². The van der Waals surface area contributed by atoms with E-state index in [1.54, 1.807) is 16.0 Å². The molecule has 2 aromatic rings. The monoisotopic (exact) mass is 380 g/mol. The molecule has 0 aliphatic carbocycles. The first kappa shape index (κ1) is 18.6. The molecule has 1 aromatic carbocycles. The highest BCUT2D eigenvalue weighted by atomic mass is 16.5. The molecule has 0 radical (unpaired) electrons. The number of carbonyl (C=O) groups excluding carboxylic acids is 2. The van der Waals surface area contributed by atoms with Gasteiger partial charge < -0.3 is 14.5 Å². The molecular formula is C21H24N4O3. The molecule has 1 unspecified atom stereocenters. The molecule has 3 heterocycles. The zero-order valence-electron chi connectivity index (χ0n) is 16.0. The lowest BCUT2D eigenvalue weighted by Crippen LogP contribution is -2.61. The van der Waals surface area contributed by atoms with Gasteiger partial charge in [-0.1, -0.05) is 18.2 Å². The summed E-state index contributed by atoms with van der Waals surface area (Å²) in [6, 6.07) is 9.65. The van der Waals surface area contributed by atoms with Gasteiger partial charge in [-0.2, -0.15) is 0 Å². The second kappa shape index (κ2) is 7.67. The van der Waals surface area contributed by atoms with E-state index in [1.807, 2.05) is 37.3 Å². The van der Waals surface area contributed by atoms with E-state index in [9.17, 15) is 9.59 Å². The maximum absolute atomic E-state index is 13.5. The summed E-state index contributed by atoms with van der Waals surface area (Å²) in [4.78, 5) is 38.3. The molecule has 7 heteroatoms. The first-order valence-corrected chi connectivity index (χ1v) is 9.68. The molecule has 2 aliphatic heterocycles. The molecular weight excluding hydrogens is 356 g/mol. The lowest BCUT2D eigenvalue weighted by atomic mass is 9.93. The largest absolute Gasteiger partial charge is 0.361 e. The van der Waals surface area contributed by atoms with Crippen molar-refractivity contribution in [3.8, 4) is 0 Å². The van der Waals surface area contributed by atoms with Crippen LogP contribution in [0.5, 0.6) is 0 Å². The highest BCUT2D eigenvalue weighted by Gasteiger charge is 2.48. The van der Waals surface area contributed by atoms with E-state index in [2.05, 4.69) is 9.97 Å². The van der Waals surface area contributed by atoms with Crippen LogP contribution in [0.2, 0.25) is 0 Å². The second-order valence-electron chi connectivity index (χ2n) is 7.36. The third kappa shape index (κ3) is 3.49. The van der Waals surface area contributed by atoms with Gasteiger partial charge in [-0.05, 0) is 38.3 Å². The fourth-order valence-corrected chi connectivity index (χ4v) is 3.89. The standard InChI is InChI=1S/C21H24N4O3/c1-16-13-23-18(14-22-16)19(26)24-11-12-28-21(15-24)9-5-6-10-25(20(21)27)17-7-3-2-4-8-17/h2-4,7-8,13-14H,5-6,9-12,15H2,1H3. The summed E-state index contributed by atoms with van der Waals surface area (Å²) in [5.74, 6) is -0.276. The van der Waals surface area contributed by atoms with Gasteiger partial charge in [0.2, 0.25) is 0 Å². The number of morpholine rings is 1. The van der Waals surface area contributed by atoms with Crippen LogP contribution < -0.4 is 4.90 Å². The number of hydrogen-bond donors (Lipinski definition) is 0. The maximum atomic E-state index is 13.5. The summed E-state index contributed by atoms with van der Waals surface area (Å²) in [6.45, 7) is 3.50. The summed E-state index contributed by atoms with van der Waals surface area (Å²) in [6.07, 6.45) is 5.46. The van der Waals surface area contributed by atoms with Gasteiger partial charge in [0.05, 0.1) is 25.0 Å². The number of amides is 2. The van der Waals surface area contributed by atoms with Gasteiger partial charge >= 0.3 is 0 Å². The number of hydrogen-bond acceptors (Lipinski definition) is 5. The van der Waals surface area contributed by atoms with Crippen molar-refractivity contribution in [1.29, 1.82) is 0 Å². The van der Waals surface area contributed by atoms with Crippen LogP contribution in [-0.4, -0.2) is 58.5 Å². The van der Waals surface area contributed by atoms with Crippen LogP contribution in [0, 0.1) is 6.92 Å². The zero-order valence-corrected chi connectivity index (χ0v) is 16.0. The van der Waals surface area contributed by atoms with Crippen molar-refractivity contribution in [3.63, 3.8) is 0 Å². The van der Waals surface area contributed by atoms with Crippen molar-refractivity contribution in [1.82, 2.24) is 14.9 Å². The number of aryl methyl sites for hydroxylation is 1. The number of ether oxygens (including phenoxy) is 1. The van der Waals surface area contributed by atoms with E-state index in [1.165, 1.54) is 6.20 Å². The van der Waals surface area contributed by atoms with E-state index in [-0.39, 0.29) is 18.4 Å². The summed E-state index contributed by atoms with van der Waals surface area (Å²) in [7, 11) is 0. The summed E-state index contributed by atoms with van der Waals surface area (Å²) < 4.78 is 6.06. The number of aromatic nitrogens is 2. The van der Waals surface area contributed by atoms with E-state index in [0.717, 1.165) is 24.2 Å². The number of carbonyl (C=O) groups is 2. The van der Waals surface area contributed by atoms with Crippen LogP contribution in [-0.2, 0) is 9.53 Å². The Kier molecular flexibility index (Phi) is 5.09. The summed E-state index contributed by atoms with van der Waals surface area (Å²) in [5, 5.41) is 0. The van der Waals surface area contributed by atoms with Crippen LogP contribution >= 0.6 is 0 Å². The van der Waals surface area contributed by atoms with Gasteiger partial charge in [-0.3, -0.25) is 14.6 Å². The zero-order chi connectivity index (χ0) is 19.6. The molecule has 2 aliphatic rings. The Hall–Kier alpha value is -2.80. The van der Waals surface area contributed by atoms with E-state index < -0.39 is 5.60 Å². The molecule has 1 spiro atoms. The first-order valence-electron chi connectivity index (χ1n) is 9.68. The molecule has 2 saturated heterocycles. The minimum absolute atomic E-state index is 0.0660. The number of rotatable bonds is 2. The Morgan fingerprint density at radius 2 is 1.93 bits per heavy atom. The van der Waals surface area contributed by atoms with Crippen molar-refractivity contribution in [2.75, 3.05) is 31.1 Å². The highest BCUT2D eigenvalue weighted by molar-refractivity contribution is 6.01. The van der Waals surface area contributed by atoms with E-state index in [0.29, 0.717) is 31.8 Å². The third-order valence-corrected chi connectivity index (χ3v) is 5.39. The number of nitrogens with zero attached hydrogens (tertiary/aromatic N) is 4. The minimum Gasteiger partial charge on any atom is -0.361 e. The van der Waals surface area contributed by atoms with Gasteiger partial charge in [-0.15, -0.1) is 0 Å². The Morgan fingerprint density at radius 3 is 2.68 bits per heavy atom. The van der Waals surface area contributed by atoms with Crippen LogP contribution in [0.15, 0.2) is 42.7 Å². The maximum Gasteiger partial charge on any atom is 0.274 e. The molecule has 0 saturated carbocycles. The van der Waals surface area contributed by atoms with Gasteiger partial charge in [0.15, 0.2) is 5.60 Å². The van der Waals surface area contributed by atoms with Gasteiger partial charge in [-0.25, -0.2) is 4.98 Å². The quantitative estimate of drug-likeness (QED) is 0.799. The van der Waals surface area contributed by atoms with Crippen molar-refractivity contribution in [3.05, 3.63) is 54.1 Å². The van der Waals surface area contributed by atoms with Crippen LogP contribution in [0.4, 0.5) is 5.69 Å². The first-order chi connectivity index (χ1) is 13.6. The predicted molar refractivity (Wildman–Crippen MR) is 104 cm³/mol. The number of benzene rings is 1. The van der Waals surface area contributed by atoms with Crippen molar-refractivity contribution < 1.29 is 14.3 Å². The second-order valence-corrected chi connectivity index (χ2v) is 7.36. The summed E-state index contributed by atoms with van der Waals surface area (Å²) in [5.41, 5.74) is 0.916. The molecule has 1 aromatic heterocycles.